The molecule has 0 radical (unpaired) electrons. The second-order valence-electron chi connectivity index (χ2n) is 6.24. The monoisotopic (exact) mass is 342 g/mol. The van der Waals surface area contributed by atoms with Gasteiger partial charge in [0, 0.05) is 12.5 Å². The van der Waals surface area contributed by atoms with Crippen LogP contribution in [0.3, 0.4) is 0 Å². The van der Waals surface area contributed by atoms with Crippen molar-refractivity contribution in [2.24, 2.45) is 0 Å². The minimum Gasteiger partial charge on any atom is -0.479 e. The fourth-order valence-corrected chi connectivity index (χ4v) is 2.87. The number of rotatable bonds is 6. The van der Waals surface area contributed by atoms with E-state index in [1.54, 1.807) is 25.3 Å². The molecule has 1 aromatic carbocycles. The minimum absolute atomic E-state index is 0.0126. The van der Waals surface area contributed by atoms with E-state index >= 15 is 0 Å². The molecule has 0 unspecified atom stereocenters. The minimum atomic E-state index is -0.598. The molecule has 6 nitrogen and oxygen atoms in total. The summed E-state index contributed by atoms with van der Waals surface area (Å²) in [6, 6.07) is 11.0. The van der Waals surface area contributed by atoms with Gasteiger partial charge in [-0.05, 0) is 44.5 Å². The Balaban J connectivity index is 1.59. The second-order valence-corrected chi connectivity index (χ2v) is 6.24. The van der Waals surface area contributed by atoms with Gasteiger partial charge < -0.3 is 14.5 Å². The van der Waals surface area contributed by atoms with Gasteiger partial charge >= 0.3 is 0 Å². The lowest BCUT2D eigenvalue weighted by Crippen LogP contribution is -2.49. The molecule has 2 amide bonds. The molecular weight excluding hydrogens is 320 g/mol. The summed E-state index contributed by atoms with van der Waals surface area (Å²) in [6.07, 6.45) is 2.56. The SMILES string of the molecule is C[C@@H](CCc1ccco1)NC(=O)CN1C(=O)[C@@H](C)Oc2ccccc21. The van der Waals surface area contributed by atoms with Crippen LogP contribution < -0.4 is 15.0 Å². The Morgan fingerprint density at radius 1 is 1.28 bits per heavy atom. The summed E-state index contributed by atoms with van der Waals surface area (Å²) in [5.41, 5.74) is 0.629. The first-order chi connectivity index (χ1) is 12.0. The molecule has 25 heavy (non-hydrogen) atoms. The summed E-state index contributed by atoms with van der Waals surface area (Å²) < 4.78 is 10.9. The highest BCUT2D eigenvalue weighted by atomic mass is 16.5. The molecular formula is C19H22N2O4. The van der Waals surface area contributed by atoms with Gasteiger partial charge in [0.1, 0.15) is 18.1 Å². The van der Waals surface area contributed by atoms with Crippen LogP contribution in [0.5, 0.6) is 5.75 Å². The van der Waals surface area contributed by atoms with E-state index in [9.17, 15) is 9.59 Å². The van der Waals surface area contributed by atoms with Gasteiger partial charge in [-0.15, -0.1) is 0 Å². The highest BCUT2D eigenvalue weighted by molar-refractivity contribution is 6.03. The van der Waals surface area contributed by atoms with Crippen molar-refractivity contribution in [3.05, 3.63) is 48.4 Å². The number of carbonyl (C=O) groups excluding carboxylic acids is 2. The van der Waals surface area contributed by atoms with Crippen molar-refractivity contribution >= 4 is 17.5 Å². The number of fused-ring (bicyclic) bond motifs is 1. The number of benzene rings is 1. The zero-order chi connectivity index (χ0) is 17.8. The van der Waals surface area contributed by atoms with Gasteiger partial charge in [-0.25, -0.2) is 0 Å². The van der Waals surface area contributed by atoms with Crippen LogP contribution in [0.2, 0.25) is 0 Å². The first kappa shape index (κ1) is 17.1. The molecule has 1 aliphatic rings. The van der Waals surface area contributed by atoms with Crippen molar-refractivity contribution < 1.29 is 18.7 Å². The van der Waals surface area contributed by atoms with E-state index < -0.39 is 6.10 Å². The number of hydrogen-bond acceptors (Lipinski definition) is 4. The maximum atomic E-state index is 12.4. The van der Waals surface area contributed by atoms with Gasteiger partial charge in [0.25, 0.3) is 5.91 Å². The van der Waals surface area contributed by atoms with Crippen LogP contribution in [0.4, 0.5) is 5.69 Å². The number of anilines is 1. The number of aryl methyl sites for hydroxylation is 1. The highest BCUT2D eigenvalue weighted by Crippen LogP contribution is 2.33. The smallest absolute Gasteiger partial charge is 0.268 e. The number of ether oxygens (including phenoxy) is 1. The average Bonchev–Trinajstić information content (AvgIpc) is 3.10. The standard InChI is InChI=1S/C19H22N2O4/c1-13(9-10-15-6-5-11-24-15)20-18(22)12-21-16-7-3-4-8-17(16)25-14(2)19(21)23/h3-8,11,13-14H,9-10,12H2,1-2H3,(H,20,22)/t13-,14+/m0/s1. The first-order valence-electron chi connectivity index (χ1n) is 8.43. The van der Waals surface area contributed by atoms with E-state index in [0.29, 0.717) is 11.4 Å². The molecule has 2 atom stereocenters. The molecule has 2 aromatic rings. The summed E-state index contributed by atoms with van der Waals surface area (Å²) >= 11 is 0. The van der Waals surface area contributed by atoms with Gasteiger partial charge in [-0.3, -0.25) is 14.5 Å². The van der Waals surface area contributed by atoms with Crippen LogP contribution in [0, 0.1) is 0 Å². The lowest BCUT2D eigenvalue weighted by atomic mass is 10.1. The van der Waals surface area contributed by atoms with Gasteiger partial charge in [0.15, 0.2) is 6.10 Å². The fraction of sp³-hybridized carbons (Fsp3) is 0.368. The molecule has 0 fully saturated rings. The molecule has 1 aromatic heterocycles. The van der Waals surface area contributed by atoms with E-state index in [-0.39, 0.29) is 24.4 Å². The predicted molar refractivity (Wildman–Crippen MR) is 93.5 cm³/mol. The van der Waals surface area contributed by atoms with Crippen molar-refractivity contribution in [3.8, 4) is 5.75 Å². The Kier molecular flexibility index (Phi) is 5.07. The van der Waals surface area contributed by atoms with Gasteiger partial charge in [-0.1, -0.05) is 12.1 Å². The molecule has 0 saturated heterocycles. The maximum Gasteiger partial charge on any atom is 0.268 e. The maximum absolute atomic E-state index is 12.4. The first-order valence-corrected chi connectivity index (χ1v) is 8.43. The van der Waals surface area contributed by atoms with Gasteiger partial charge in [-0.2, -0.15) is 0 Å². The summed E-state index contributed by atoms with van der Waals surface area (Å²) in [5, 5.41) is 2.94. The van der Waals surface area contributed by atoms with Crippen molar-refractivity contribution in [1.82, 2.24) is 5.32 Å². The number of nitrogens with zero attached hydrogens (tertiary/aromatic N) is 1. The Hall–Kier alpha value is -2.76. The highest BCUT2D eigenvalue weighted by Gasteiger charge is 2.32. The molecule has 1 aliphatic heterocycles. The molecule has 1 N–H and O–H groups in total. The average molecular weight is 342 g/mol. The van der Waals surface area contributed by atoms with E-state index in [2.05, 4.69) is 5.32 Å². The molecule has 0 aliphatic carbocycles. The second kappa shape index (κ2) is 7.42. The molecule has 0 bridgehead atoms. The van der Waals surface area contributed by atoms with Crippen LogP contribution >= 0.6 is 0 Å². The summed E-state index contributed by atoms with van der Waals surface area (Å²) in [7, 11) is 0. The number of para-hydroxylation sites is 2. The van der Waals surface area contributed by atoms with Crippen molar-refractivity contribution in [2.75, 3.05) is 11.4 Å². The third-order valence-corrected chi connectivity index (χ3v) is 4.19. The summed E-state index contributed by atoms with van der Waals surface area (Å²) in [5.74, 6) is 1.11. The van der Waals surface area contributed by atoms with E-state index in [1.807, 2.05) is 31.2 Å². The molecule has 6 heteroatoms. The third kappa shape index (κ3) is 4.02. The number of amides is 2. The molecule has 0 spiro atoms. The quantitative estimate of drug-likeness (QED) is 0.876. The van der Waals surface area contributed by atoms with E-state index in [4.69, 9.17) is 9.15 Å². The molecule has 3 rings (SSSR count). The van der Waals surface area contributed by atoms with Crippen LogP contribution in [0.1, 0.15) is 26.0 Å². The number of nitrogens with one attached hydrogen (secondary N) is 1. The topological polar surface area (TPSA) is 71.8 Å². The summed E-state index contributed by atoms with van der Waals surface area (Å²) in [4.78, 5) is 26.3. The lowest BCUT2D eigenvalue weighted by Gasteiger charge is -2.32. The predicted octanol–water partition coefficient (Wildman–Crippen LogP) is 2.53. The zero-order valence-corrected chi connectivity index (χ0v) is 14.4. The Bertz CT molecular complexity index is 742. The van der Waals surface area contributed by atoms with E-state index in [1.165, 1.54) is 4.90 Å². The number of carbonyl (C=O) groups is 2. The molecule has 0 saturated carbocycles. The largest absolute Gasteiger partial charge is 0.479 e. The van der Waals surface area contributed by atoms with Crippen LogP contribution in [0.25, 0.3) is 0 Å². The number of hydrogen-bond donors (Lipinski definition) is 1. The lowest BCUT2D eigenvalue weighted by molar-refractivity contribution is -0.128. The van der Waals surface area contributed by atoms with Gasteiger partial charge in [0.2, 0.25) is 5.91 Å². The van der Waals surface area contributed by atoms with Crippen LogP contribution in [-0.2, 0) is 16.0 Å². The summed E-state index contributed by atoms with van der Waals surface area (Å²) in [6.45, 7) is 3.61. The van der Waals surface area contributed by atoms with Crippen LogP contribution in [0.15, 0.2) is 47.1 Å². The fourth-order valence-electron chi connectivity index (χ4n) is 2.87. The van der Waals surface area contributed by atoms with Crippen molar-refractivity contribution in [3.63, 3.8) is 0 Å². The molecule has 132 valence electrons. The normalized spacial score (nSPS) is 17.6. The van der Waals surface area contributed by atoms with E-state index in [0.717, 1.165) is 18.6 Å². The Morgan fingerprint density at radius 2 is 2.08 bits per heavy atom. The Labute approximate surface area is 146 Å². The van der Waals surface area contributed by atoms with Crippen LogP contribution in [-0.4, -0.2) is 30.5 Å². The van der Waals surface area contributed by atoms with Gasteiger partial charge in [0.05, 0.1) is 12.0 Å². The third-order valence-electron chi connectivity index (χ3n) is 4.19. The Morgan fingerprint density at radius 3 is 2.84 bits per heavy atom. The number of furan rings is 1. The molecule has 2 heterocycles. The van der Waals surface area contributed by atoms with Crippen molar-refractivity contribution in [1.29, 1.82) is 0 Å². The van der Waals surface area contributed by atoms with Crippen molar-refractivity contribution in [2.45, 2.75) is 38.8 Å². The zero-order valence-electron chi connectivity index (χ0n) is 14.4.